The van der Waals surface area contributed by atoms with E-state index in [9.17, 15) is 4.79 Å². The molecule has 3 rings (SSSR count). The highest BCUT2D eigenvalue weighted by atomic mass is 32.2. The molecule has 1 N–H and O–H groups in total. The number of hydrogen-bond acceptors (Lipinski definition) is 5. The van der Waals surface area contributed by atoms with E-state index < -0.39 is 0 Å². The number of carbonyl (C=O) groups is 1. The number of nitrogens with zero attached hydrogens (tertiary/aromatic N) is 4. The highest BCUT2D eigenvalue weighted by molar-refractivity contribution is 7.98. The molecule has 0 saturated heterocycles. The molecule has 0 saturated carbocycles. The normalized spacial score (nSPS) is 10.9. The second-order valence-electron chi connectivity index (χ2n) is 5.86. The second-order valence-corrected chi connectivity index (χ2v) is 6.63. The van der Waals surface area contributed by atoms with Crippen LogP contribution < -0.4 is 5.32 Å². The number of nitrogens with one attached hydrogen (secondary N) is 1. The Hall–Kier alpha value is -2.67. The molecule has 0 aliphatic heterocycles. The van der Waals surface area contributed by atoms with Gasteiger partial charge in [-0.15, -0.1) is 5.10 Å². The lowest BCUT2D eigenvalue weighted by atomic mass is 10.0. The van der Waals surface area contributed by atoms with E-state index in [1.54, 1.807) is 4.68 Å². The second kappa shape index (κ2) is 7.48. The van der Waals surface area contributed by atoms with Gasteiger partial charge in [-0.1, -0.05) is 43.8 Å². The molecule has 0 unspecified atom stereocenters. The highest BCUT2D eigenvalue weighted by Crippen LogP contribution is 2.20. The number of amides is 1. The van der Waals surface area contributed by atoms with E-state index in [-0.39, 0.29) is 5.91 Å². The topological polar surface area (TPSA) is 72.7 Å². The van der Waals surface area contributed by atoms with Gasteiger partial charge in [0.05, 0.1) is 5.69 Å². The van der Waals surface area contributed by atoms with Crippen molar-refractivity contribution in [3.8, 4) is 5.69 Å². The van der Waals surface area contributed by atoms with Gasteiger partial charge >= 0.3 is 0 Å². The first-order chi connectivity index (χ1) is 12.1. The minimum atomic E-state index is -0.144. The molecule has 3 aromatic rings. The maximum Gasteiger partial charge on any atom is 0.255 e. The third kappa shape index (κ3) is 3.88. The standard InChI is InChI=1S/C18H19N5OS/c1-12(2)13-7-9-14(10-8-13)17(24)19-15-5-4-6-16(11-15)23-18(25-3)20-21-22-23/h4-12H,1-3H3,(H,19,24). The van der Waals surface area contributed by atoms with Gasteiger partial charge in [-0.2, -0.15) is 4.68 Å². The third-order valence-corrected chi connectivity index (χ3v) is 4.43. The van der Waals surface area contributed by atoms with E-state index in [0.717, 1.165) is 5.69 Å². The van der Waals surface area contributed by atoms with E-state index in [1.807, 2.05) is 54.8 Å². The first kappa shape index (κ1) is 17.2. The lowest BCUT2D eigenvalue weighted by Gasteiger charge is -2.09. The van der Waals surface area contributed by atoms with Gasteiger partial charge in [0.1, 0.15) is 0 Å². The van der Waals surface area contributed by atoms with Crippen LogP contribution in [0.4, 0.5) is 5.69 Å². The average molecular weight is 353 g/mol. The van der Waals surface area contributed by atoms with Crippen LogP contribution in [-0.2, 0) is 0 Å². The van der Waals surface area contributed by atoms with Crippen LogP contribution in [0.5, 0.6) is 0 Å². The maximum absolute atomic E-state index is 12.5. The van der Waals surface area contributed by atoms with Crippen LogP contribution in [0.1, 0.15) is 35.7 Å². The van der Waals surface area contributed by atoms with E-state index in [0.29, 0.717) is 22.3 Å². The Bertz CT molecular complexity index is 873. The molecular formula is C18H19N5OS. The number of benzene rings is 2. The lowest BCUT2D eigenvalue weighted by molar-refractivity contribution is 0.102. The van der Waals surface area contributed by atoms with Crippen molar-refractivity contribution in [3.05, 3.63) is 59.7 Å². The van der Waals surface area contributed by atoms with Crippen molar-refractivity contribution in [1.29, 1.82) is 0 Å². The van der Waals surface area contributed by atoms with Crippen molar-refractivity contribution in [1.82, 2.24) is 20.2 Å². The van der Waals surface area contributed by atoms with Crippen molar-refractivity contribution >= 4 is 23.4 Å². The average Bonchev–Trinajstić information content (AvgIpc) is 3.11. The highest BCUT2D eigenvalue weighted by Gasteiger charge is 2.10. The molecule has 0 aliphatic carbocycles. The molecule has 0 radical (unpaired) electrons. The van der Waals surface area contributed by atoms with Crippen LogP contribution >= 0.6 is 11.8 Å². The van der Waals surface area contributed by atoms with Gasteiger partial charge in [-0.3, -0.25) is 4.79 Å². The summed E-state index contributed by atoms with van der Waals surface area (Å²) in [5.41, 5.74) is 3.32. The van der Waals surface area contributed by atoms with Gasteiger partial charge in [0.15, 0.2) is 0 Å². The molecule has 7 heteroatoms. The Morgan fingerprint density at radius 3 is 2.60 bits per heavy atom. The first-order valence-corrected chi connectivity index (χ1v) is 9.15. The summed E-state index contributed by atoms with van der Waals surface area (Å²) in [5.74, 6) is 0.296. The summed E-state index contributed by atoms with van der Waals surface area (Å²) < 4.78 is 1.64. The Morgan fingerprint density at radius 2 is 1.92 bits per heavy atom. The summed E-state index contributed by atoms with van der Waals surface area (Å²) in [5, 5.41) is 15.2. The monoisotopic (exact) mass is 353 g/mol. The zero-order chi connectivity index (χ0) is 17.8. The fourth-order valence-corrected chi connectivity index (χ4v) is 2.84. The molecule has 1 heterocycles. The summed E-state index contributed by atoms with van der Waals surface area (Å²) in [6.45, 7) is 4.25. The van der Waals surface area contributed by atoms with Crippen LogP contribution in [0.25, 0.3) is 5.69 Å². The van der Waals surface area contributed by atoms with Gasteiger partial charge in [0.2, 0.25) is 5.16 Å². The molecule has 0 bridgehead atoms. The Morgan fingerprint density at radius 1 is 1.16 bits per heavy atom. The summed E-state index contributed by atoms with van der Waals surface area (Å²) >= 11 is 1.46. The molecular weight excluding hydrogens is 334 g/mol. The van der Waals surface area contributed by atoms with Crippen LogP contribution in [0.3, 0.4) is 0 Å². The van der Waals surface area contributed by atoms with Crippen LogP contribution in [-0.4, -0.2) is 32.4 Å². The minimum Gasteiger partial charge on any atom is -0.322 e. The molecule has 1 amide bonds. The fraction of sp³-hybridized carbons (Fsp3) is 0.222. The minimum absolute atomic E-state index is 0.144. The summed E-state index contributed by atoms with van der Waals surface area (Å²) in [4.78, 5) is 12.5. The Kier molecular flexibility index (Phi) is 5.14. The molecule has 0 fully saturated rings. The molecule has 25 heavy (non-hydrogen) atoms. The molecule has 0 aliphatic rings. The number of rotatable bonds is 5. The first-order valence-electron chi connectivity index (χ1n) is 7.92. The number of anilines is 1. The summed E-state index contributed by atoms with van der Waals surface area (Å²) in [7, 11) is 0. The van der Waals surface area contributed by atoms with Crippen molar-refractivity contribution in [2.24, 2.45) is 0 Å². The molecule has 1 aromatic heterocycles. The lowest BCUT2D eigenvalue weighted by Crippen LogP contribution is -2.12. The molecule has 6 nitrogen and oxygen atoms in total. The van der Waals surface area contributed by atoms with Gasteiger partial charge in [0.25, 0.3) is 5.91 Å². The van der Waals surface area contributed by atoms with Gasteiger partial charge in [-0.25, -0.2) is 0 Å². The van der Waals surface area contributed by atoms with Gasteiger partial charge in [-0.05, 0) is 58.5 Å². The Labute approximate surface area is 150 Å². The van der Waals surface area contributed by atoms with Crippen molar-refractivity contribution in [2.75, 3.05) is 11.6 Å². The van der Waals surface area contributed by atoms with Crippen LogP contribution in [0.2, 0.25) is 0 Å². The molecule has 0 atom stereocenters. The number of carbonyl (C=O) groups excluding carboxylic acids is 1. The quantitative estimate of drug-likeness (QED) is 0.707. The smallest absolute Gasteiger partial charge is 0.255 e. The number of thioether (sulfide) groups is 1. The SMILES string of the molecule is CSc1nnnn1-c1cccc(NC(=O)c2ccc(C(C)C)cc2)c1. The van der Waals surface area contributed by atoms with E-state index in [2.05, 4.69) is 34.7 Å². The van der Waals surface area contributed by atoms with E-state index in [4.69, 9.17) is 0 Å². The maximum atomic E-state index is 12.5. The van der Waals surface area contributed by atoms with Gasteiger partial charge < -0.3 is 5.32 Å². The number of tetrazole rings is 1. The zero-order valence-electron chi connectivity index (χ0n) is 14.3. The summed E-state index contributed by atoms with van der Waals surface area (Å²) in [6, 6.07) is 15.1. The third-order valence-electron chi connectivity index (χ3n) is 3.81. The van der Waals surface area contributed by atoms with Crippen molar-refractivity contribution in [2.45, 2.75) is 24.9 Å². The fourth-order valence-electron chi connectivity index (χ4n) is 2.41. The van der Waals surface area contributed by atoms with E-state index >= 15 is 0 Å². The molecule has 2 aromatic carbocycles. The van der Waals surface area contributed by atoms with Crippen molar-refractivity contribution < 1.29 is 4.79 Å². The zero-order valence-corrected chi connectivity index (χ0v) is 15.1. The predicted octanol–water partition coefficient (Wildman–Crippen LogP) is 3.76. The number of aromatic nitrogens is 4. The van der Waals surface area contributed by atoms with E-state index in [1.165, 1.54) is 17.3 Å². The molecule has 128 valence electrons. The van der Waals surface area contributed by atoms with Crippen molar-refractivity contribution in [3.63, 3.8) is 0 Å². The largest absolute Gasteiger partial charge is 0.322 e. The summed E-state index contributed by atoms with van der Waals surface area (Å²) in [6.07, 6.45) is 1.91. The predicted molar refractivity (Wildman–Crippen MR) is 99.4 cm³/mol. The van der Waals surface area contributed by atoms with Crippen LogP contribution in [0.15, 0.2) is 53.7 Å². The number of hydrogen-bond donors (Lipinski definition) is 1. The molecule has 0 spiro atoms. The van der Waals surface area contributed by atoms with Crippen LogP contribution in [0, 0.1) is 0 Å². The van der Waals surface area contributed by atoms with Gasteiger partial charge in [0, 0.05) is 11.3 Å². The Balaban J connectivity index is 1.79.